The molecule has 1 fully saturated rings. The minimum Gasteiger partial charge on any atom is -0.374 e. The number of benzene rings is 1. The molecule has 1 heterocycles. The van der Waals surface area contributed by atoms with E-state index in [1.165, 1.54) is 6.07 Å². The molecule has 1 N–H and O–H groups in total. The maximum atomic E-state index is 14.1. The molecule has 0 aliphatic carbocycles. The Kier molecular flexibility index (Phi) is 5.55. The van der Waals surface area contributed by atoms with Gasteiger partial charge in [-0.1, -0.05) is 15.9 Å². The molecule has 0 amide bonds. The van der Waals surface area contributed by atoms with Gasteiger partial charge in [-0.25, -0.2) is 4.39 Å². The van der Waals surface area contributed by atoms with Gasteiger partial charge in [0.15, 0.2) is 0 Å². The molecule has 0 aromatic heterocycles. The second-order valence-corrected chi connectivity index (χ2v) is 6.35. The van der Waals surface area contributed by atoms with Gasteiger partial charge >= 0.3 is 0 Å². The summed E-state index contributed by atoms with van der Waals surface area (Å²) in [6.07, 6.45) is -0.0417. The van der Waals surface area contributed by atoms with E-state index in [1.807, 2.05) is 13.1 Å². The molecule has 1 aliphatic rings. The Labute approximate surface area is 128 Å². The zero-order chi connectivity index (χ0) is 14.7. The van der Waals surface area contributed by atoms with Gasteiger partial charge < -0.3 is 10.1 Å². The van der Waals surface area contributed by atoms with Crippen molar-refractivity contribution in [1.82, 2.24) is 10.2 Å². The zero-order valence-corrected chi connectivity index (χ0v) is 13.8. The molecule has 3 nitrogen and oxygen atoms in total. The van der Waals surface area contributed by atoms with Crippen LogP contribution >= 0.6 is 15.9 Å². The number of hydrogen-bond acceptors (Lipinski definition) is 3. The lowest BCUT2D eigenvalue weighted by atomic mass is 9.99. The van der Waals surface area contributed by atoms with Crippen molar-refractivity contribution < 1.29 is 9.13 Å². The summed E-state index contributed by atoms with van der Waals surface area (Å²) >= 11 is 3.41. The van der Waals surface area contributed by atoms with E-state index in [9.17, 15) is 4.39 Å². The quantitative estimate of drug-likeness (QED) is 0.908. The van der Waals surface area contributed by atoms with Crippen LogP contribution in [0.15, 0.2) is 22.7 Å². The van der Waals surface area contributed by atoms with Crippen molar-refractivity contribution in [1.29, 1.82) is 0 Å². The van der Waals surface area contributed by atoms with Crippen LogP contribution in [0.25, 0.3) is 0 Å². The molecule has 1 aromatic rings. The molecule has 5 heteroatoms. The Bertz CT molecular complexity index is 455. The lowest BCUT2D eigenvalue weighted by molar-refractivity contribution is -0.0555. The molecule has 1 saturated heterocycles. The maximum Gasteiger partial charge on any atom is 0.128 e. The molecular formula is C15H22BrFN2O. The molecule has 0 saturated carbocycles. The zero-order valence-electron chi connectivity index (χ0n) is 12.2. The largest absolute Gasteiger partial charge is 0.374 e. The van der Waals surface area contributed by atoms with Crippen molar-refractivity contribution in [2.24, 2.45) is 0 Å². The van der Waals surface area contributed by atoms with Gasteiger partial charge in [0, 0.05) is 29.2 Å². The van der Waals surface area contributed by atoms with Gasteiger partial charge in [0.05, 0.1) is 18.8 Å². The van der Waals surface area contributed by atoms with E-state index in [2.05, 4.69) is 40.0 Å². The average molecular weight is 345 g/mol. The summed E-state index contributed by atoms with van der Waals surface area (Å²) in [5.74, 6) is -0.196. The summed E-state index contributed by atoms with van der Waals surface area (Å²) in [6.45, 7) is 6.80. The van der Waals surface area contributed by atoms with Crippen LogP contribution in [0, 0.1) is 5.82 Å². The van der Waals surface area contributed by atoms with Crippen LogP contribution in [-0.2, 0) is 4.74 Å². The third-order valence-corrected chi connectivity index (χ3v) is 4.32. The van der Waals surface area contributed by atoms with Crippen LogP contribution in [0.2, 0.25) is 0 Å². The van der Waals surface area contributed by atoms with Gasteiger partial charge in [-0.05, 0) is 39.1 Å². The van der Waals surface area contributed by atoms with Crippen LogP contribution in [0.4, 0.5) is 4.39 Å². The van der Waals surface area contributed by atoms with E-state index in [1.54, 1.807) is 6.07 Å². The number of likely N-dealkylation sites (N-methyl/N-ethyl adjacent to an activating group) is 1. The first-order valence-electron chi connectivity index (χ1n) is 7.00. The topological polar surface area (TPSA) is 24.5 Å². The highest BCUT2D eigenvalue weighted by atomic mass is 79.9. The molecule has 1 aliphatic heterocycles. The van der Waals surface area contributed by atoms with Gasteiger partial charge in [-0.3, -0.25) is 4.90 Å². The molecule has 0 radical (unpaired) electrons. The van der Waals surface area contributed by atoms with Crippen LogP contribution < -0.4 is 5.32 Å². The highest BCUT2D eigenvalue weighted by Crippen LogP contribution is 2.27. The Morgan fingerprint density at radius 3 is 2.85 bits per heavy atom. The van der Waals surface area contributed by atoms with Gasteiger partial charge in [-0.15, -0.1) is 0 Å². The van der Waals surface area contributed by atoms with Gasteiger partial charge in [-0.2, -0.15) is 0 Å². The van der Waals surface area contributed by atoms with E-state index in [-0.39, 0.29) is 18.0 Å². The lowest BCUT2D eigenvalue weighted by Crippen LogP contribution is -2.50. The standard InChI is InChI=1S/C15H22BrFN2O/c1-10(2)19-6-7-20-14(9-19)15(18-3)12-8-11(16)4-5-13(12)17/h4-5,8,10,14-15,18H,6-7,9H2,1-3H3. The highest BCUT2D eigenvalue weighted by Gasteiger charge is 2.30. The third kappa shape index (κ3) is 3.58. The fraction of sp³-hybridized carbons (Fsp3) is 0.600. The van der Waals surface area contributed by atoms with Crippen molar-refractivity contribution in [3.8, 4) is 0 Å². The first-order valence-corrected chi connectivity index (χ1v) is 7.80. The van der Waals surface area contributed by atoms with Crippen molar-refractivity contribution in [3.63, 3.8) is 0 Å². The molecule has 2 atom stereocenters. The van der Waals surface area contributed by atoms with Crippen molar-refractivity contribution in [3.05, 3.63) is 34.1 Å². The number of halogens is 2. The van der Waals surface area contributed by atoms with Crippen LogP contribution in [0.1, 0.15) is 25.5 Å². The summed E-state index contributed by atoms with van der Waals surface area (Å²) in [6, 6.07) is 5.37. The number of hydrogen-bond donors (Lipinski definition) is 1. The first kappa shape index (κ1) is 15.9. The summed E-state index contributed by atoms with van der Waals surface area (Å²) in [5.41, 5.74) is 0.650. The van der Waals surface area contributed by atoms with E-state index in [0.717, 1.165) is 17.6 Å². The van der Waals surface area contributed by atoms with Gasteiger partial charge in [0.2, 0.25) is 0 Å². The van der Waals surface area contributed by atoms with E-state index >= 15 is 0 Å². The molecule has 112 valence electrons. The van der Waals surface area contributed by atoms with Gasteiger partial charge in [0.25, 0.3) is 0 Å². The molecular weight excluding hydrogens is 323 g/mol. The maximum absolute atomic E-state index is 14.1. The Hall–Kier alpha value is -0.490. The van der Waals surface area contributed by atoms with E-state index in [4.69, 9.17) is 4.74 Å². The molecule has 0 spiro atoms. The number of nitrogens with zero attached hydrogens (tertiary/aromatic N) is 1. The molecule has 1 aromatic carbocycles. The first-order chi connectivity index (χ1) is 9.52. The Morgan fingerprint density at radius 1 is 1.45 bits per heavy atom. The van der Waals surface area contributed by atoms with Crippen molar-refractivity contribution in [2.45, 2.75) is 32.0 Å². The fourth-order valence-electron chi connectivity index (χ4n) is 2.66. The number of morpholine rings is 1. The second-order valence-electron chi connectivity index (χ2n) is 5.43. The summed E-state index contributed by atoms with van der Waals surface area (Å²) in [5, 5.41) is 3.20. The summed E-state index contributed by atoms with van der Waals surface area (Å²) in [4.78, 5) is 2.37. The van der Waals surface area contributed by atoms with Crippen LogP contribution in [0.3, 0.4) is 0 Å². The molecule has 2 unspecified atom stereocenters. The minimum atomic E-state index is -0.196. The minimum absolute atomic E-state index is 0.0417. The predicted octanol–water partition coefficient (Wildman–Crippen LogP) is 2.96. The lowest BCUT2D eigenvalue weighted by Gasteiger charge is -2.39. The molecule has 0 bridgehead atoms. The van der Waals surface area contributed by atoms with E-state index < -0.39 is 0 Å². The highest BCUT2D eigenvalue weighted by molar-refractivity contribution is 9.10. The van der Waals surface area contributed by atoms with Gasteiger partial charge in [0.1, 0.15) is 5.82 Å². The summed E-state index contributed by atoms with van der Waals surface area (Å²) < 4.78 is 20.8. The average Bonchev–Trinajstić information content (AvgIpc) is 2.44. The number of ether oxygens (including phenoxy) is 1. The normalized spacial score (nSPS) is 22.2. The number of nitrogens with one attached hydrogen (secondary N) is 1. The number of rotatable bonds is 4. The van der Waals surface area contributed by atoms with Crippen molar-refractivity contribution in [2.75, 3.05) is 26.7 Å². The Morgan fingerprint density at radius 2 is 2.20 bits per heavy atom. The van der Waals surface area contributed by atoms with Crippen molar-refractivity contribution >= 4 is 15.9 Å². The molecule has 20 heavy (non-hydrogen) atoms. The second kappa shape index (κ2) is 6.98. The molecule has 2 rings (SSSR count). The monoisotopic (exact) mass is 344 g/mol. The van der Waals surface area contributed by atoms with E-state index in [0.29, 0.717) is 18.2 Å². The van der Waals surface area contributed by atoms with Crippen LogP contribution in [-0.4, -0.2) is 43.8 Å². The smallest absolute Gasteiger partial charge is 0.128 e. The fourth-order valence-corrected chi connectivity index (χ4v) is 3.04. The Balaban J connectivity index is 2.21. The SMILES string of the molecule is CNC(c1cc(Br)ccc1F)C1CN(C(C)C)CCO1. The third-order valence-electron chi connectivity index (χ3n) is 3.83. The summed E-state index contributed by atoms with van der Waals surface area (Å²) in [7, 11) is 1.85. The van der Waals surface area contributed by atoms with Crippen LogP contribution in [0.5, 0.6) is 0 Å². The predicted molar refractivity (Wildman–Crippen MR) is 82.3 cm³/mol.